The zero-order chi connectivity index (χ0) is 22.3. The molecule has 6 nitrogen and oxygen atoms in total. The van der Waals surface area contributed by atoms with E-state index in [0.29, 0.717) is 6.54 Å². The Morgan fingerprint density at radius 2 is 2.00 bits per heavy atom. The number of aryl methyl sites for hydroxylation is 1. The second kappa shape index (κ2) is 8.79. The van der Waals surface area contributed by atoms with Gasteiger partial charge >= 0.3 is 0 Å². The summed E-state index contributed by atoms with van der Waals surface area (Å²) in [5.41, 5.74) is 9.67. The largest absolute Gasteiger partial charge is 0.381 e. The predicted octanol–water partition coefficient (Wildman–Crippen LogP) is 3.76. The standard InChI is InChI=1S/C26H37N3O3/c1-31-20-8-11-26(12-9-20)15-19-7-6-18(5-4-17-2-3-17)14-22(19)23(26)24(30)29(25(27)28)16-21-10-13-32-21/h6-7,14,17,20-21,23H,2-5,8-13,15-16H2,1H3,(H3,27,28). The molecule has 6 heteroatoms. The molecule has 3 aliphatic carbocycles. The second-order valence-electron chi connectivity index (χ2n) is 10.5. The van der Waals surface area contributed by atoms with Gasteiger partial charge in [0.2, 0.25) is 5.91 Å². The zero-order valence-electron chi connectivity index (χ0n) is 19.3. The molecule has 0 bridgehead atoms. The molecular weight excluding hydrogens is 402 g/mol. The fourth-order valence-electron chi connectivity index (χ4n) is 6.18. The van der Waals surface area contributed by atoms with Crippen LogP contribution in [0, 0.1) is 16.7 Å². The molecule has 174 valence electrons. The van der Waals surface area contributed by atoms with Gasteiger partial charge in [0.25, 0.3) is 0 Å². The molecule has 1 aromatic rings. The van der Waals surface area contributed by atoms with E-state index in [0.717, 1.165) is 57.5 Å². The molecule has 0 aromatic heterocycles. The number of rotatable bonds is 7. The van der Waals surface area contributed by atoms with Crippen LogP contribution in [0.2, 0.25) is 0 Å². The SMILES string of the molecule is COC1CCC2(CC1)Cc1ccc(CCC3CC3)cc1C2C(=O)N(CC1CCO1)C(=N)N. The van der Waals surface area contributed by atoms with Crippen molar-refractivity contribution in [3.05, 3.63) is 34.9 Å². The molecule has 1 aliphatic heterocycles. The monoisotopic (exact) mass is 439 g/mol. The number of fused-ring (bicyclic) bond motifs is 1. The lowest BCUT2D eigenvalue weighted by Crippen LogP contribution is -2.52. The quantitative estimate of drug-likeness (QED) is 0.500. The van der Waals surface area contributed by atoms with E-state index >= 15 is 0 Å². The topological polar surface area (TPSA) is 88.6 Å². The molecule has 2 atom stereocenters. The van der Waals surface area contributed by atoms with E-state index in [1.807, 2.05) is 0 Å². The lowest BCUT2D eigenvalue weighted by molar-refractivity contribution is -0.137. The van der Waals surface area contributed by atoms with Gasteiger partial charge in [-0.1, -0.05) is 31.0 Å². The number of nitrogens with one attached hydrogen (secondary N) is 1. The molecule has 4 aliphatic rings. The summed E-state index contributed by atoms with van der Waals surface area (Å²) in [4.78, 5) is 15.5. The summed E-state index contributed by atoms with van der Waals surface area (Å²) in [6.45, 7) is 1.11. The molecule has 1 heterocycles. The average molecular weight is 440 g/mol. The first-order valence-corrected chi connectivity index (χ1v) is 12.4. The van der Waals surface area contributed by atoms with Gasteiger partial charge in [-0.05, 0) is 79.4 Å². The van der Waals surface area contributed by atoms with Crippen molar-refractivity contribution in [1.29, 1.82) is 5.41 Å². The van der Waals surface area contributed by atoms with Gasteiger partial charge in [0, 0.05) is 13.7 Å². The highest BCUT2D eigenvalue weighted by Crippen LogP contribution is 2.56. The molecule has 1 spiro atoms. The number of amides is 1. The number of hydrogen-bond donors (Lipinski definition) is 2. The normalized spacial score (nSPS) is 31.2. The van der Waals surface area contributed by atoms with Crippen molar-refractivity contribution in [3.63, 3.8) is 0 Å². The van der Waals surface area contributed by atoms with Crippen LogP contribution in [0.5, 0.6) is 0 Å². The average Bonchev–Trinajstić information content (AvgIpc) is 3.53. The summed E-state index contributed by atoms with van der Waals surface area (Å²) >= 11 is 0. The summed E-state index contributed by atoms with van der Waals surface area (Å²) in [6, 6.07) is 6.84. The maximum atomic E-state index is 14.1. The number of hydrogen-bond acceptors (Lipinski definition) is 4. The number of carbonyl (C=O) groups is 1. The minimum atomic E-state index is -0.236. The van der Waals surface area contributed by atoms with Gasteiger partial charge < -0.3 is 15.2 Å². The zero-order valence-corrected chi connectivity index (χ0v) is 19.3. The minimum absolute atomic E-state index is 0.00576. The van der Waals surface area contributed by atoms with Crippen LogP contribution in [0.15, 0.2) is 18.2 Å². The Bertz CT molecular complexity index is 869. The Morgan fingerprint density at radius 3 is 2.59 bits per heavy atom. The first-order chi connectivity index (χ1) is 15.5. The Hall–Kier alpha value is -1.92. The molecular formula is C26H37N3O3. The molecule has 3 fully saturated rings. The van der Waals surface area contributed by atoms with Crippen LogP contribution in [-0.4, -0.2) is 49.2 Å². The molecule has 2 saturated carbocycles. The molecule has 0 radical (unpaired) electrons. The lowest BCUT2D eigenvalue weighted by Gasteiger charge is -2.43. The van der Waals surface area contributed by atoms with Gasteiger partial charge in [0.1, 0.15) is 0 Å². The molecule has 32 heavy (non-hydrogen) atoms. The van der Waals surface area contributed by atoms with Crippen LogP contribution in [0.4, 0.5) is 0 Å². The summed E-state index contributed by atoms with van der Waals surface area (Å²) < 4.78 is 11.2. The van der Waals surface area contributed by atoms with Crippen LogP contribution in [0.3, 0.4) is 0 Å². The predicted molar refractivity (Wildman–Crippen MR) is 124 cm³/mol. The van der Waals surface area contributed by atoms with Crippen molar-refractivity contribution < 1.29 is 14.3 Å². The van der Waals surface area contributed by atoms with Crippen LogP contribution in [0.1, 0.15) is 74.0 Å². The van der Waals surface area contributed by atoms with Crippen molar-refractivity contribution in [3.8, 4) is 0 Å². The minimum Gasteiger partial charge on any atom is -0.381 e. The molecule has 1 saturated heterocycles. The van der Waals surface area contributed by atoms with E-state index < -0.39 is 0 Å². The highest BCUT2D eigenvalue weighted by Gasteiger charge is 2.52. The highest BCUT2D eigenvalue weighted by molar-refractivity contribution is 5.99. The number of guanidine groups is 1. The van der Waals surface area contributed by atoms with Crippen LogP contribution in [0.25, 0.3) is 0 Å². The van der Waals surface area contributed by atoms with E-state index in [-0.39, 0.29) is 35.4 Å². The van der Waals surface area contributed by atoms with E-state index in [4.69, 9.17) is 20.6 Å². The Kier molecular flexibility index (Phi) is 6.01. The molecule has 1 amide bonds. The summed E-state index contributed by atoms with van der Waals surface area (Å²) in [5, 5.41) is 8.16. The number of carbonyl (C=O) groups excluding carboxylic acids is 1. The molecule has 2 unspecified atom stereocenters. The van der Waals surface area contributed by atoms with Crippen molar-refractivity contribution >= 4 is 11.9 Å². The molecule has 5 rings (SSSR count). The van der Waals surface area contributed by atoms with Crippen LogP contribution < -0.4 is 5.73 Å². The Morgan fingerprint density at radius 1 is 1.25 bits per heavy atom. The summed E-state index contributed by atoms with van der Waals surface area (Å²) in [6.07, 6.45) is 11.1. The fourth-order valence-corrected chi connectivity index (χ4v) is 6.18. The van der Waals surface area contributed by atoms with Crippen molar-refractivity contribution in [2.24, 2.45) is 17.1 Å². The third-order valence-electron chi connectivity index (χ3n) is 8.46. The number of ether oxygens (including phenoxy) is 2. The number of nitrogens with two attached hydrogens (primary N) is 1. The number of nitrogens with zero attached hydrogens (tertiary/aromatic N) is 1. The lowest BCUT2D eigenvalue weighted by atomic mass is 9.65. The third kappa shape index (κ3) is 4.19. The van der Waals surface area contributed by atoms with Gasteiger partial charge in [0.05, 0.1) is 24.7 Å². The first kappa shape index (κ1) is 21.9. The van der Waals surface area contributed by atoms with Crippen molar-refractivity contribution in [2.75, 3.05) is 20.3 Å². The summed E-state index contributed by atoms with van der Waals surface area (Å²) in [5.74, 6) is 0.485. The van der Waals surface area contributed by atoms with E-state index in [9.17, 15) is 4.79 Å². The van der Waals surface area contributed by atoms with Crippen LogP contribution in [-0.2, 0) is 27.1 Å². The third-order valence-corrected chi connectivity index (χ3v) is 8.46. The second-order valence-corrected chi connectivity index (χ2v) is 10.5. The Balaban J connectivity index is 1.45. The highest BCUT2D eigenvalue weighted by atomic mass is 16.5. The maximum Gasteiger partial charge on any atom is 0.237 e. The van der Waals surface area contributed by atoms with Crippen LogP contribution >= 0.6 is 0 Å². The molecule has 3 N–H and O–H groups in total. The summed E-state index contributed by atoms with van der Waals surface area (Å²) in [7, 11) is 1.79. The first-order valence-electron chi connectivity index (χ1n) is 12.4. The Labute approximate surface area is 191 Å². The van der Waals surface area contributed by atoms with E-state index in [1.54, 1.807) is 7.11 Å². The fraction of sp³-hybridized carbons (Fsp3) is 0.692. The molecule has 1 aromatic carbocycles. The number of benzene rings is 1. The van der Waals surface area contributed by atoms with Gasteiger partial charge in [-0.25, -0.2) is 0 Å². The van der Waals surface area contributed by atoms with Gasteiger partial charge in [0.15, 0.2) is 5.96 Å². The van der Waals surface area contributed by atoms with E-state index in [2.05, 4.69) is 18.2 Å². The van der Waals surface area contributed by atoms with Crippen molar-refractivity contribution in [2.45, 2.75) is 82.3 Å². The maximum absolute atomic E-state index is 14.1. The van der Waals surface area contributed by atoms with Crippen molar-refractivity contribution in [1.82, 2.24) is 4.90 Å². The van der Waals surface area contributed by atoms with Gasteiger partial charge in [-0.2, -0.15) is 0 Å². The van der Waals surface area contributed by atoms with Gasteiger partial charge in [-0.3, -0.25) is 15.1 Å². The van der Waals surface area contributed by atoms with E-state index in [1.165, 1.54) is 40.9 Å². The van der Waals surface area contributed by atoms with Gasteiger partial charge in [-0.15, -0.1) is 0 Å². The smallest absolute Gasteiger partial charge is 0.237 e. The number of methoxy groups -OCH3 is 1.